The summed E-state index contributed by atoms with van der Waals surface area (Å²) in [5, 5.41) is 0. The summed E-state index contributed by atoms with van der Waals surface area (Å²) < 4.78 is 5.82. The van der Waals surface area contributed by atoms with Gasteiger partial charge in [-0.1, -0.05) is 18.2 Å². The fraction of sp³-hybridized carbons (Fsp3) is 0.429. The highest BCUT2D eigenvalue weighted by molar-refractivity contribution is 5.80. The number of aromatic nitrogens is 1. The summed E-state index contributed by atoms with van der Waals surface area (Å²) in [7, 11) is 0. The minimum absolute atomic E-state index is 0.0703. The molecule has 2 aliphatic rings. The van der Waals surface area contributed by atoms with Crippen molar-refractivity contribution >= 4 is 11.6 Å². The van der Waals surface area contributed by atoms with Crippen molar-refractivity contribution in [3.8, 4) is 5.75 Å². The van der Waals surface area contributed by atoms with Gasteiger partial charge >= 0.3 is 0 Å². The molecule has 0 unspecified atom stereocenters. The molecule has 0 bridgehead atoms. The number of anilines is 1. The monoisotopic (exact) mass is 351 g/mol. The number of benzene rings is 1. The number of nitrogens with zero attached hydrogens (tertiary/aromatic N) is 3. The Morgan fingerprint density at radius 3 is 2.92 bits per heavy atom. The summed E-state index contributed by atoms with van der Waals surface area (Å²) in [6.07, 6.45) is 5.50. The topological polar surface area (TPSA) is 45.7 Å². The number of fused-ring (bicyclic) bond motifs is 1. The van der Waals surface area contributed by atoms with Crippen molar-refractivity contribution < 1.29 is 9.53 Å². The molecule has 5 heteroatoms. The van der Waals surface area contributed by atoms with Crippen LogP contribution in [0.15, 0.2) is 42.7 Å². The molecule has 1 saturated heterocycles. The lowest BCUT2D eigenvalue weighted by Gasteiger charge is -2.30. The van der Waals surface area contributed by atoms with Crippen LogP contribution in [0, 0.1) is 12.8 Å². The first kappa shape index (κ1) is 16.9. The van der Waals surface area contributed by atoms with Crippen molar-refractivity contribution in [1.82, 2.24) is 9.88 Å². The van der Waals surface area contributed by atoms with Gasteiger partial charge in [0.15, 0.2) is 0 Å². The van der Waals surface area contributed by atoms with E-state index in [2.05, 4.69) is 28.9 Å². The molecule has 1 aromatic heterocycles. The number of carbonyl (C=O) groups is 1. The Balaban J connectivity index is 1.41. The minimum atomic E-state index is -0.0703. The van der Waals surface area contributed by atoms with Crippen molar-refractivity contribution in [2.75, 3.05) is 37.7 Å². The van der Waals surface area contributed by atoms with E-state index < -0.39 is 0 Å². The van der Waals surface area contributed by atoms with Crippen LogP contribution in [0.4, 0.5) is 5.69 Å². The smallest absolute Gasteiger partial charge is 0.229 e. The number of ether oxygens (including phenoxy) is 1. The number of hydrogen-bond acceptors (Lipinski definition) is 4. The number of amides is 1. The maximum Gasteiger partial charge on any atom is 0.229 e. The van der Waals surface area contributed by atoms with Gasteiger partial charge in [-0.3, -0.25) is 9.78 Å². The first-order valence-corrected chi connectivity index (χ1v) is 9.37. The highest BCUT2D eigenvalue weighted by Gasteiger charge is 2.30. The molecule has 1 atom stereocenters. The van der Waals surface area contributed by atoms with Gasteiger partial charge in [0.1, 0.15) is 12.4 Å². The van der Waals surface area contributed by atoms with Crippen LogP contribution >= 0.6 is 0 Å². The number of para-hydroxylation sites is 1. The van der Waals surface area contributed by atoms with E-state index in [-0.39, 0.29) is 11.8 Å². The Bertz CT molecular complexity index is 792. The second-order valence-corrected chi connectivity index (χ2v) is 7.15. The average Bonchev–Trinajstić information content (AvgIpc) is 2.93. The lowest BCUT2D eigenvalue weighted by Crippen LogP contribution is -2.42. The van der Waals surface area contributed by atoms with Gasteiger partial charge in [0.05, 0.1) is 5.92 Å². The second kappa shape index (κ2) is 7.36. The number of aryl methyl sites for hydroxylation is 1. The summed E-state index contributed by atoms with van der Waals surface area (Å²) in [6.45, 7) is 5.99. The van der Waals surface area contributed by atoms with Crippen LogP contribution in [0.1, 0.15) is 17.5 Å². The zero-order chi connectivity index (χ0) is 17.9. The van der Waals surface area contributed by atoms with Crippen LogP contribution in [0.5, 0.6) is 5.75 Å². The predicted molar refractivity (Wildman–Crippen MR) is 102 cm³/mol. The maximum absolute atomic E-state index is 13.0. The van der Waals surface area contributed by atoms with Gasteiger partial charge < -0.3 is 14.5 Å². The van der Waals surface area contributed by atoms with Crippen LogP contribution in [0.2, 0.25) is 0 Å². The third kappa shape index (κ3) is 3.39. The predicted octanol–water partition coefficient (Wildman–Crippen LogP) is 2.68. The van der Waals surface area contributed by atoms with Gasteiger partial charge in [0.25, 0.3) is 0 Å². The summed E-state index contributed by atoms with van der Waals surface area (Å²) in [5.41, 5.74) is 3.55. The molecule has 2 aromatic rings. The van der Waals surface area contributed by atoms with Crippen LogP contribution in [0.3, 0.4) is 0 Å². The number of hydrogen-bond donors (Lipinski definition) is 0. The van der Waals surface area contributed by atoms with Crippen molar-refractivity contribution in [2.45, 2.75) is 19.8 Å². The Hall–Kier alpha value is -2.56. The molecule has 0 spiro atoms. The van der Waals surface area contributed by atoms with E-state index in [1.807, 2.05) is 35.5 Å². The van der Waals surface area contributed by atoms with E-state index in [9.17, 15) is 4.79 Å². The van der Waals surface area contributed by atoms with Crippen molar-refractivity contribution in [3.63, 3.8) is 0 Å². The lowest BCUT2D eigenvalue weighted by molar-refractivity contribution is -0.136. The van der Waals surface area contributed by atoms with Crippen molar-refractivity contribution in [3.05, 3.63) is 53.9 Å². The van der Waals surface area contributed by atoms with E-state index in [4.69, 9.17) is 4.74 Å². The van der Waals surface area contributed by atoms with E-state index in [1.54, 1.807) is 0 Å². The standard InChI is InChI=1S/C21H25N3O2/c1-16-14-22-8-7-19(16)23-9-4-10-24(12-11-23)21(25)18-13-17-5-2-3-6-20(17)26-15-18/h2-3,5-8,14,18H,4,9-13,15H2,1H3/t18-/m1/s1. The summed E-state index contributed by atoms with van der Waals surface area (Å²) in [5.74, 6) is 1.08. The number of rotatable bonds is 2. The molecule has 1 fully saturated rings. The minimum Gasteiger partial charge on any atom is -0.492 e. The molecule has 3 heterocycles. The molecule has 0 aliphatic carbocycles. The molecular weight excluding hydrogens is 326 g/mol. The molecule has 0 saturated carbocycles. The Kier molecular flexibility index (Phi) is 4.78. The van der Waals surface area contributed by atoms with Gasteiger partial charge in [0, 0.05) is 44.3 Å². The third-order valence-electron chi connectivity index (χ3n) is 5.37. The SMILES string of the molecule is Cc1cnccc1N1CCCN(C(=O)[C@H]2COc3ccccc3C2)CC1. The fourth-order valence-electron chi connectivity index (χ4n) is 3.94. The molecule has 2 aliphatic heterocycles. The van der Waals surface area contributed by atoms with Crippen LogP contribution in [-0.2, 0) is 11.2 Å². The zero-order valence-corrected chi connectivity index (χ0v) is 15.2. The quantitative estimate of drug-likeness (QED) is 0.835. The van der Waals surface area contributed by atoms with E-state index in [0.29, 0.717) is 6.61 Å². The Morgan fingerprint density at radius 2 is 2.04 bits per heavy atom. The highest BCUT2D eigenvalue weighted by Crippen LogP contribution is 2.28. The maximum atomic E-state index is 13.0. The van der Waals surface area contributed by atoms with E-state index in [0.717, 1.165) is 50.3 Å². The van der Waals surface area contributed by atoms with Gasteiger partial charge in [-0.25, -0.2) is 0 Å². The molecule has 0 radical (unpaired) electrons. The van der Waals surface area contributed by atoms with Gasteiger partial charge in [-0.05, 0) is 43.0 Å². The molecule has 26 heavy (non-hydrogen) atoms. The molecule has 1 amide bonds. The molecule has 4 rings (SSSR count). The largest absolute Gasteiger partial charge is 0.492 e. The molecule has 1 aromatic carbocycles. The van der Waals surface area contributed by atoms with E-state index >= 15 is 0 Å². The zero-order valence-electron chi connectivity index (χ0n) is 15.2. The van der Waals surface area contributed by atoms with Gasteiger partial charge in [-0.2, -0.15) is 0 Å². The third-order valence-corrected chi connectivity index (χ3v) is 5.37. The Morgan fingerprint density at radius 1 is 1.15 bits per heavy atom. The van der Waals surface area contributed by atoms with E-state index in [1.165, 1.54) is 11.3 Å². The molecule has 0 N–H and O–H groups in total. The van der Waals surface area contributed by atoms with Crippen LogP contribution < -0.4 is 9.64 Å². The van der Waals surface area contributed by atoms with Crippen LogP contribution in [-0.4, -0.2) is 48.6 Å². The first-order chi connectivity index (χ1) is 12.7. The lowest BCUT2D eigenvalue weighted by atomic mass is 9.95. The van der Waals surface area contributed by atoms with Crippen LogP contribution in [0.25, 0.3) is 0 Å². The fourth-order valence-corrected chi connectivity index (χ4v) is 3.94. The first-order valence-electron chi connectivity index (χ1n) is 9.37. The summed E-state index contributed by atoms with van der Waals surface area (Å²) in [4.78, 5) is 21.6. The molecular formula is C21H25N3O2. The Labute approximate surface area is 154 Å². The number of pyridine rings is 1. The normalized spacial score (nSPS) is 20.1. The average molecular weight is 351 g/mol. The van der Waals surface area contributed by atoms with Crippen molar-refractivity contribution in [1.29, 1.82) is 0 Å². The molecule has 5 nitrogen and oxygen atoms in total. The number of carbonyl (C=O) groups excluding carboxylic acids is 1. The van der Waals surface area contributed by atoms with Gasteiger partial charge in [-0.15, -0.1) is 0 Å². The molecule has 136 valence electrons. The second-order valence-electron chi connectivity index (χ2n) is 7.15. The van der Waals surface area contributed by atoms with Crippen molar-refractivity contribution in [2.24, 2.45) is 5.92 Å². The van der Waals surface area contributed by atoms with Gasteiger partial charge in [0.2, 0.25) is 5.91 Å². The highest BCUT2D eigenvalue weighted by atomic mass is 16.5. The summed E-state index contributed by atoms with van der Waals surface area (Å²) >= 11 is 0. The summed E-state index contributed by atoms with van der Waals surface area (Å²) in [6, 6.07) is 10.1.